The van der Waals surface area contributed by atoms with Crippen LogP contribution in [0.2, 0.25) is 0 Å². The Hall–Kier alpha value is -1.87. The molecule has 0 aromatic heterocycles. The van der Waals surface area contributed by atoms with Crippen molar-refractivity contribution in [3.63, 3.8) is 0 Å². The van der Waals surface area contributed by atoms with E-state index in [2.05, 4.69) is 0 Å². The lowest BCUT2D eigenvalue weighted by Crippen LogP contribution is -3.19. The van der Waals surface area contributed by atoms with E-state index in [0.717, 1.165) is 52.5 Å². The lowest BCUT2D eigenvalue weighted by atomic mass is 10.2. The van der Waals surface area contributed by atoms with Crippen molar-refractivity contribution in [3.05, 3.63) is 24.3 Å². The number of hydrogen-bond acceptors (Lipinski definition) is 5. The summed E-state index contributed by atoms with van der Waals surface area (Å²) < 4.78 is 16.9. The molecule has 1 aromatic rings. The fourth-order valence-electron chi connectivity index (χ4n) is 4.20. The van der Waals surface area contributed by atoms with Crippen LogP contribution in [0, 0.1) is 0 Å². The normalized spacial score (nSPS) is 24.8. The number of benzene rings is 1. The summed E-state index contributed by atoms with van der Waals surface area (Å²) in [5, 5.41) is 10.4. The summed E-state index contributed by atoms with van der Waals surface area (Å²) >= 11 is 0. The standard InChI is InChI=1S/C20H29N3O5/c24-16(14-22-9-11-26-12-10-22)13-21-5-7-23(8-6-21)20(25)19-15-27-17-3-1-2-4-18(17)28-19/h1-4,16,19,24H,5-15H2/p+2/t16-,19+/m1/s1. The molecule has 154 valence electrons. The van der Waals surface area contributed by atoms with E-state index in [0.29, 0.717) is 24.6 Å². The second-order valence-electron chi connectivity index (χ2n) is 7.86. The van der Waals surface area contributed by atoms with Crippen LogP contribution in [-0.4, -0.2) is 100 Å². The van der Waals surface area contributed by atoms with Gasteiger partial charge in [0.15, 0.2) is 17.6 Å². The number of hydrogen-bond donors (Lipinski definition) is 3. The highest BCUT2D eigenvalue weighted by atomic mass is 16.6. The zero-order chi connectivity index (χ0) is 19.3. The minimum atomic E-state index is -0.577. The van der Waals surface area contributed by atoms with Crippen molar-refractivity contribution in [2.75, 3.05) is 72.2 Å². The van der Waals surface area contributed by atoms with Crippen molar-refractivity contribution in [1.82, 2.24) is 4.90 Å². The highest BCUT2D eigenvalue weighted by molar-refractivity contribution is 5.82. The number of quaternary nitrogens is 2. The average molecular weight is 393 g/mol. The molecule has 0 bridgehead atoms. The minimum Gasteiger partial charge on any atom is -0.485 e. The minimum absolute atomic E-state index is 0.00753. The summed E-state index contributed by atoms with van der Waals surface area (Å²) in [7, 11) is 0. The second kappa shape index (κ2) is 9.09. The molecule has 8 heteroatoms. The van der Waals surface area contributed by atoms with Crippen LogP contribution in [-0.2, 0) is 9.53 Å². The van der Waals surface area contributed by atoms with Crippen molar-refractivity contribution >= 4 is 5.91 Å². The lowest BCUT2D eigenvalue weighted by Gasteiger charge is -2.36. The van der Waals surface area contributed by atoms with Gasteiger partial charge in [-0.25, -0.2) is 0 Å². The first-order valence-electron chi connectivity index (χ1n) is 10.3. The first kappa shape index (κ1) is 19.4. The molecule has 1 aromatic carbocycles. The molecule has 4 rings (SSSR count). The van der Waals surface area contributed by atoms with Gasteiger partial charge in [-0.1, -0.05) is 12.1 Å². The molecule has 0 saturated carbocycles. The van der Waals surface area contributed by atoms with Crippen LogP contribution in [0.1, 0.15) is 0 Å². The Morgan fingerprint density at radius 1 is 1.07 bits per heavy atom. The van der Waals surface area contributed by atoms with Gasteiger partial charge < -0.3 is 34.0 Å². The fraction of sp³-hybridized carbons (Fsp3) is 0.650. The quantitative estimate of drug-likeness (QED) is 0.492. The van der Waals surface area contributed by atoms with E-state index in [9.17, 15) is 9.90 Å². The number of ether oxygens (including phenoxy) is 3. The second-order valence-corrected chi connectivity index (χ2v) is 7.86. The molecule has 2 saturated heterocycles. The highest BCUT2D eigenvalue weighted by Crippen LogP contribution is 2.31. The molecule has 0 spiro atoms. The van der Waals surface area contributed by atoms with Gasteiger partial charge in [0.25, 0.3) is 5.91 Å². The number of para-hydroxylation sites is 2. The molecule has 3 aliphatic rings. The van der Waals surface area contributed by atoms with Gasteiger partial charge >= 0.3 is 0 Å². The van der Waals surface area contributed by atoms with E-state index >= 15 is 0 Å². The van der Waals surface area contributed by atoms with Crippen LogP contribution in [0.15, 0.2) is 24.3 Å². The van der Waals surface area contributed by atoms with Gasteiger partial charge in [-0.3, -0.25) is 4.79 Å². The maximum atomic E-state index is 12.8. The number of piperazine rings is 1. The third-order valence-corrected chi connectivity index (χ3v) is 5.81. The Balaban J connectivity index is 1.21. The molecule has 2 atom stereocenters. The molecule has 0 aliphatic carbocycles. The summed E-state index contributed by atoms with van der Waals surface area (Å²) in [4.78, 5) is 17.4. The van der Waals surface area contributed by atoms with Crippen LogP contribution in [0.4, 0.5) is 0 Å². The number of nitrogens with zero attached hydrogens (tertiary/aromatic N) is 1. The van der Waals surface area contributed by atoms with Crippen LogP contribution in [0.3, 0.4) is 0 Å². The van der Waals surface area contributed by atoms with Gasteiger partial charge in [0.2, 0.25) is 6.10 Å². The van der Waals surface area contributed by atoms with Crippen molar-refractivity contribution in [3.8, 4) is 11.5 Å². The maximum absolute atomic E-state index is 12.8. The van der Waals surface area contributed by atoms with Gasteiger partial charge in [0, 0.05) is 0 Å². The van der Waals surface area contributed by atoms with Gasteiger partial charge in [-0.05, 0) is 12.1 Å². The number of carbonyl (C=O) groups excluding carboxylic acids is 1. The Bertz CT molecular complexity index is 659. The molecule has 0 unspecified atom stereocenters. The summed E-state index contributed by atoms with van der Waals surface area (Å²) in [6.45, 7) is 8.37. The van der Waals surface area contributed by atoms with Crippen LogP contribution in [0.25, 0.3) is 0 Å². The summed E-state index contributed by atoms with van der Waals surface area (Å²) in [6, 6.07) is 7.44. The van der Waals surface area contributed by atoms with E-state index < -0.39 is 6.10 Å². The van der Waals surface area contributed by atoms with Crippen LogP contribution >= 0.6 is 0 Å². The molecule has 28 heavy (non-hydrogen) atoms. The first-order valence-corrected chi connectivity index (χ1v) is 10.3. The molecule has 1 amide bonds. The SMILES string of the molecule is O=C([C@@H]1COc2ccccc2O1)N1CC[NH+](C[C@@H](O)C[NH+]2CCOCC2)CC1. The third-order valence-electron chi connectivity index (χ3n) is 5.81. The average Bonchev–Trinajstić information content (AvgIpc) is 2.74. The van der Waals surface area contributed by atoms with Crippen molar-refractivity contribution in [2.24, 2.45) is 0 Å². The van der Waals surface area contributed by atoms with Crippen LogP contribution in [0.5, 0.6) is 11.5 Å². The molecule has 3 N–H and O–H groups in total. The molecule has 3 heterocycles. The summed E-state index contributed by atoms with van der Waals surface area (Å²) in [5.74, 6) is 1.31. The molecule has 0 radical (unpaired) electrons. The zero-order valence-corrected chi connectivity index (χ0v) is 16.3. The van der Waals surface area contributed by atoms with Crippen molar-refractivity contribution < 1.29 is 33.9 Å². The smallest absolute Gasteiger partial charge is 0.267 e. The number of rotatable bonds is 5. The zero-order valence-electron chi connectivity index (χ0n) is 16.3. The summed E-state index contributed by atoms with van der Waals surface area (Å²) in [5.41, 5.74) is 0. The summed E-state index contributed by atoms with van der Waals surface area (Å²) in [6.07, 6.45) is -0.885. The van der Waals surface area contributed by atoms with Gasteiger partial charge in [-0.15, -0.1) is 0 Å². The number of morpholine rings is 1. The first-order chi connectivity index (χ1) is 13.7. The van der Waals surface area contributed by atoms with Crippen LogP contribution < -0.4 is 19.3 Å². The fourth-order valence-corrected chi connectivity index (χ4v) is 4.20. The van der Waals surface area contributed by atoms with E-state index in [-0.39, 0.29) is 18.6 Å². The van der Waals surface area contributed by atoms with E-state index in [1.165, 1.54) is 9.80 Å². The van der Waals surface area contributed by atoms with Crippen molar-refractivity contribution in [1.29, 1.82) is 0 Å². The van der Waals surface area contributed by atoms with Crippen molar-refractivity contribution in [2.45, 2.75) is 12.2 Å². The third kappa shape index (κ3) is 4.75. The Kier molecular flexibility index (Phi) is 6.31. The predicted molar refractivity (Wildman–Crippen MR) is 101 cm³/mol. The van der Waals surface area contributed by atoms with Gasteiger partial charge in [-0.2, -0.15) is 0 Å². The monoisotopic (exact) mass is 393 g/mol. The molecule has 2 fully saturated rings. The largest absolute Gasteiger partial charge is 0.485 e. The Morgan fingerprint density at radius 3 is 2.43 bits per heavy atom. The van der Waals surface area contributed by atoms with Gasteiger partial charge in [0.05, 0.1) is 39.4 Å². The number of carbonyl (C=O) groups is 1. The molecule has 3 aliphatic heterocycles. The molecular weight excluding hydrogens is 362 g/mol. The number of nitrogens with one attached hydrogen (secondary N) is 2. The van der Waals surface area contributed by atoms with E-state index in [1.807, 2.05) is 29.2 Å². The Morgan fingerprint density at radius 2 is 1.71 bits per heavy atom. The number of amides is 1. The molecule has 8 nitrogen and oxygen atoms in total. The maximum Gasteiger partial charge on any atom is 0.267 e. The van der Waals surface area contributed by atoms with Gasteiger partial charge in [0.1, 0.15) is 32.8 Å². The van der Waals surface area contributed by atoms with E-state index in [1.54, 1.807) is 0 Å². The van der Waals surface area contributed by atoms with E-state index in [4.69, 9.17) is 14.2 Å². The number of aliphatic hydroxyl groups excluding tert-OH is 1. The number of fused-ring (bicyclic) bond motifs is 1. The highest BCUT2D eigenvalue weighted by Gasteiger charge is 2.34. The number of aliphatic hydroxyl groups is 1. The lowest BCUT2D eigenvalue weighted by molar-refractivity contribution is -0.930. The Labute approximate surface area is 165 Å². The predicted octanol–water partition coefficient (Wildman–Crippen LogP) is -3.17. The topological polar surface area (TPSA) is 77.1 Å². The molecular formula is C20H31N3O5+2.